The number of benzene rings is 1. The Labute approximate surface area is 183 Å². The third kappa shape index (κ3) is 4.34. The van der Waals surface area contributed by atoms with Gasteiger partial charge in [-0.2, -0.15) is 5.26 Å². The Bertz CT molecular complexity index is 1230. The predicted molar refractivity (Wildman–Crippen MR) is 129 cm³/mol. The topological polar surface area (TPSA) is 80.5 Å². The van der Waals surface area contributed by atoms with Crippen molar-refractivity contribution in [3.05, 3.63) is 83.9 Å². The number of anilines is 1. The monoisotopic (exact) mass is 409 g/mol. The number of rotatable bonds is 7. The number of nitriles is 1. The first-order chi connectivity index (χ1) is 15.0. The lowest BCUT2D eigenvalue weighted by molar-refractivity contribution is 0.692. The molecule has 0 saturated heterocycles. The largest absolute Gasteiger partial charge is 0.383 e. The number of nitrogens with two attached hydrogens (primary N) is 1. The van der Waals surface area contributed by atoms with Crippen LogP contribution in [0.1, 0.15) is 31.5 Å². The van der Waals surface area contributed by atoms with E-state index in [1.165, 1.54) is 11.9 Å². The third-order valence-corrected chi connectivity index (χ3v) is 5.10. The van der Waals surface area contributed by atoms with E-state index in [1.807, 2.05) is 31.2 Å². The Hall–Kier alpha value is -3.91. The van der Waals surface area contributed by atoms with Gasteiger partial charge in [0, 0.05) is 12.1 Å². The number of aryl methyl sites for hydroxylation is 2. The van der Waals surface area contributed by atoms with E-state index >= 15 is 0 Å². The van der Waals surface area contributed by atoms with Gasteiger partial charge in [-0.1, -0.05) is 67.6 Å². The van der Waals surface area contributed by atoms with E-state index in [1.54, 1.807) is 6.08 Å². The molecule has 2 aromatic heterocycles. The average Bonchev–Trinajstić information content (AvgIpc) is 3.08. The molecule has 0 saturated carbocycles. The van der Waals surface area contributed by atoms with Gasteiger partial charge in [-0.15, -0.1) is 0 Å². The second-order valence-corrected chi connectivity index (χ2v) is 7.26. The van der Waals surface area contributed by atoms with Crippen LogP contribution in [-0.4, -0.2) is 14.5 Å². The number of aromatic nitrogens is 3. The maximum atomic E-state index is 9.94. The van der Waals surface area contributed by atoms with E-state index in [0.717, 1.165) is 46.4 Å². The first-order valence-electron chi connectivity index (χ1n) is 10.3. The summed E-state index contributed by atoms with van der Waals surface area (Å²) in [6, 6.07) is 10.6. The maximum Gasteiger partial charge on any atom is 0.146 e. The number of nitrogen functional groups attached to an aromatic ring is 1. The smallest absolute Gasteiger partial charge is 0.146 e. The third-order valence-electron chi connectivity index (χ3n) is 5.10. The van der Waals surface area contributed by atoms with Crippen LogP contribution in [0.4, 0.5) is 5.82 Å². The van der Waals surface area contributed by atoms with Crippen LogP contribution >= 0.6 is 0 Å². The molecule has 0 unspecified atom stereocenters. The molecule has 0 aliphatic heterocycles. The number of allylic oxidation sites excluding steroid dienone is 6. The van der Waals surface area contributed by atoms with Gasteiger partial charge in [-0.25, -0.2) is 9.97 Å². The van der Waals surface area contributed by atoms with Crippen LogP contribution in [0.3, 0.4) is 0 Å². The summed E-state index contributed by atoms with van der Waals surface area (Å²) in [6.07, 6.45) is 11.7. The number of nitrogens with zero attached hydrogens (tertiary/aromatic N) is 4. The summed E-state index contributed by atoms with van der Waals surface area (Å²) in [7, 11) is 0. The van der Waals surface area contributed by atoms with Crippen molar-refractivity contribution in [1.82, 2.24) is 14.5 Å². The fraction of sp³-hybridized carbons (Fsp3) is 0.192. The highest BCUT2D eigenvalue weighted by molar-refractivity contribution is 6.05. The van der Waals surface area contributed by atoms with E-state index < -0.39 is 0 Å². The lowest BCUT2D eigenvalue weighted by atomic mass is 9.98. The quantitative estimate of drug-likeness (QED) is 0.384. The molecule has 5 nitrogen and oxygen atoms in total. The molecule has 5 heteroatoms. The van der Waals surface area contributed by atoms with Gasteiger partial charge in [0.2, 0.25) is 0 Å². The van der Waals surface area contributed by atoms with Crippen molar-refractivity contribution >= 4 is 22.9 Å². The molecule has 0 bridgehead atoms. The van der Waals surface area contributed by atoms with Crippen LogP contribution in [0, 0.1) is 18.3 Å². The summed E-state index contributed by atoms with van der Waals surface area (Å²) in [4.78, 5) is 8.79. The first-order valence-corrected chi connectivity index (χ1v) is 10.3. The minimum Gasteiger partial charge on any atom is -0.383 e. The Morgan fingerprint density at radius 2 is 2.00 bits per heavy atom. The molecule has 0 radical (unpaired) electrons. The molecular formula is C26H27N5. The minimum atomic E-state index is 0.428. The molecule has 1 aromatic carbocycles. The van der Waals surface area contributed by atoms with E-state index in [9.17, 15) is 5.26 Å². The first kappa shape index (κ1) is 21.8. The molecule has 0 amide bonds. The Kier molecular flexibility index (Phi) is 6.84. The summed E-state index contributed by atoms with van der Waals surface area (Å²) >= 11 is 0. The molecule has 3 aromatic rings. The van der Waals surface area contributed by atoms with Gasteiger partial charge in [0.1, 0.15) is 17.8 Å². The average molecular weight is 410 g/mol. The molecule has 31 heavy (non-hydrogen) atoms. The van der Waals surface area contributed by atoms with Gasteiger partial charge in [0.15, 0.2) is 0 Å². The van der Waals surface area contributed by atoms with Gasteiger partial charge in [0.05, 0.1) is 22.7 Å². The summed E-state index contributed by atoms with van der Waals surface area (Å²) in [5.41, 5.74) is 12.4. The molecule has 0 aliphatic rings. The zero-order valence-corrected chi connectivity index (χ0v) is 18.3. The Morgan fingerprint density at radius 1 is 1.26 bits per heavy atom. The zero-order chi connectivity index (χ0) is 22.4. The highest BCUT2D eigenvalue weighted by Crippen LogP contribution is 2.38. The fourth-order valence-corrected chi connectivity index (χ4v) is 3.61. The molecule has 0 fully saturated rings. The second-order valence-electron chi connectivity index (χ2n) is 7.26. The van der Waals surface area contributed by atoms with Crippen LogP contribution in [0.2, 0.25) is 0 Å². The standard InChI is InChI=1S/C26H27N5/c1-5-8-9-19(7-3)21(16-27)15-22-23(20-12-10-18(4)11-13-20)24-25(28)29-17-30-26(24)31(22)14-6-2/h5,7-13,15,17H,3,6,14H2,1-2,4H3,(H2,28,29,30)/b8-5-,19-9+,21-15+. The van der Waals surface area contributed by atoms with Crippen molar-refractivity contribution in [1.29, 1.82) is 5.26 Å². The zero-order valence-electron chi connectivity index (χ0n) is 18.3. The highest BCUT2D eigenvalue weighted by Gasteiger charge is 2.21. The van der Waals surface area contributed by atoms with E-state index in [-0.39, 0.29) is 0 Å². The van der Waals surface area contributed by atoms with E-state index in [4.69, 9.17) is 5.73 Å². The molecular weight excluding hydrogens is 382 g/mol. The molecule has 2 heterocycles. The summed E-state index contributed by atoms with van der Waals surface area (Å²) < 4.78 is 2.12. The fourth-order valence-electron chi connectivity index (χ4n) is 3.61. The number of fused-ring (bicyclic) bond motifs is 1. The lowest BCUT2D eigenvalue weighted by Crippen LogP contribution is -2.02. The van der Waals surface area contributed by atoms with Crippen molar-refractivity contribution in [2.45, 2.75) is 33.7 Å². The van der Waals surface area contributed by atoms with E-state index in [2.05, 4.69) is 65.3 Å². The van der Waals surface area contributed by atoms with Gasteiger partial charge in [-0.05, 0) is 37.5 Å². The Morgan fingerprint density at radius 3 is 2.61 bits per heavy atom. The normalized spacial score (nSPS) is 12.5. The van der Waals surface area contributed by atoms with Crippen LogP contribution in [0.25, 0.3) is 28.2 Å². The van der Waals surface area contributed by atoms with E-state index in [0.29, 0.717) is 11.4 Å². The lowest BCUT2D eigenvalue weighted by Gasteiger charge is -2.09. The SMILES string of the molecule is C=CC(=C\C=C/C)/C(C#N)=C/c1c(-c2ccc(C)cc2)c2c(N)ncnc2n1CCC. The maximum absolute atomic E-state index is 9.94. The highest BCUT2D eigenvalue weighted by atomic mass is 15.1. The molecule has 0 spiro atoms. The minimum absolute atomic E-state index is 0.428. The summed E-state index contributed by atoms with van der Waals surface area (Å²) in [6.45, 7) is 10.7. The van der Waals surface area contributed by atoms with Crippen LogP contribution < -0.4 is 5.73 Å². The van der Waals surface area contributed by atoms with Gasteiger partial charge in [0.25, 0.3) is 0 Å². The molecule has 3 rings (SSSR count). The number of hydrogen-bond donors (Lipinski definition) is 1. The van der Waals surface area contributed by atoms with Crippen LogP contribution in [-0.2, 0) is 6.54 Å². The predicted octanol–water partition coefficient (Wildman–Crippen LogP) is 5.99. The molecule has 0 aliphatic carbocycles. The van der Waals surface area contributed by atoms with Crippen molar-refractivity contribution < 1.29 is 0 Å². The molecule has 0 atom stereocenters. The van der Waals surface area contributed by atoms with Crippen molar-refractivity contribution in [3.8, 4) is 17.2 Å². The van der Waals surface area contributed by atoms with Gasteiger partial charge < -0.3 is 10.3 Å². The summed E-state index contributed by atoms with van der Waals surface area (Å²) in [5, 5.41) is 10.7. The van der Waals surface area contributed by atoms with Gasteiger partial charge >= 0.3 is 0 Å². The van der Waals surface area contributed by atoms with Crippen molar-refractivity contribution in [2.24, 2.45) is 0 Å². The van der Waals surface area contributed by atoms with Crippen LogP contribution in [0.5, 0.6) is 0 Å². The summed E-state index contributed by atoms with van der Waals surface area (Å²) in [5.74, 6) is 0.428. The molecule has 156 valence electrons. The molecule has 2 N–H and O–H groups in total. The van der Waals surface area contributed by atoms with Gasteiger partial charge in [-0.3, -0.25) is 0 Å². The van der Waals surface area contributed by atoms with Crippen molar-refractivity contribution in [2.75, 3.05) is 5.73 Å². The second kappa shape index (κ2) is 9.73. The number of hydrogen-bond acceptors (Lipinski definition) is 4. The van der Waals surface area contributed by atoms with Crippen molar-refractivity contribution in [3.63, 3.8) is 0 Å². The Balaban J connectivity index is 2.43. The van der Waals surface area contributed by atoms with Crippen LogP contribution in [0.15, 0.2) is 72.6 Å².